The van der Waals surface area contributed by atoms with Crippen LogP contribution in [0.1, 0.15) is 79.1 Å². The van der Waals surface area contributed by atoms with Crippen molar-refractivity contribution in [2.75, 3.05) is 26.2 Å². The van der Waals surface area contributed by atoms with Crippen molar-refractivity contribution in [2.24, 2.45) is 0 Å². The fourth-order valence-corrected chi connectivity index (χ4v) is 2.64. The van der Waals surface area contributed by atoms with Gasteiger partial charge >= 0.3 is 0 Å². The normalized spacial score (nSPS) is 10.7. The molecule has 0 bridgehead atoms. The lowest BCUT2D eigenvalue weighted by Gasteiger charge is -2.39. The first-order chi connectivity index (χ1) is 8.24. The van der Waals surface area contributed by atoms with Gasteiger partial charge in [0, 0.05) is 0 Å². The Balaban J connectivity index is -0.00000128. The molecule has 0 N–H and O–H groups in total. The molecule has 0 aliphatic rings. The predicted octanol–water partition coefficient (Wildman–Crippen LogP) is 2.07. The van der Waals surface area contributed by atoms with Gasteiger partial charge in [0.2, 0.25) is 0 Å². The molecule has 0 aliphatic heterocycles. The van der Waals surface area contributed by atoms with E-state index in [1.165, 1.54) is 82.0 Å². The number of rotatable bonds is 12. The van der Waals surface area contributed by atoms with Crippen molar-refractivity contribution in [2.45, 2.75) is 79.1 Å². The van der Waals surface area contributed by atoms with Crippen LogP contribution in [-0.2, 0) is 0 Å². The largest absolute Gasteiger partial charge is 1.00 e. The zero-order valence-corrected chi connectivity index (χ0v) is 15.4. The van der Waals surface area contributed by atoms with Gasteiger partial charge < -0.3 is 9.19 Å². The summed E-state index contributed by atoms with van der Waals surface area (Å²) in [6.07, 6.45) is 11.1. The van der Waals surface area contributed by atoms with Crippen molar-refractivity contribution in [3.63, 3.8) is 0 Å². The van der Waals surface area contributed by atoms with E-state index in [2.05, 4.69) is 27.7 Å². The summed E-state index contributed by atoms with van der Waals surface area (Å²) in [4.78, 5) is 0. The van der Waals surface area contributed by atoms with Gasteiger partial charge in [-0.15, -0.1) is 0 Å². The molecule has 1 nitrogen and oxygen atoms in total. The van der Waals surface area contributed by atoms with E-state index >= 15 is 0 Å². The molecule has 0 spiro atoms. The van der Waals surface area contributed by atoms with Crippen LogP contribution in [0.2, 0.25) is 0 Å². The lowest BCUT2D eigenvalue weighted by atomic mass is 10.1. The number of halogens is 1. The van der Waals surface area contributed by atoms with E-state index in [1.54, 1.807) is 0 Å². The van der Waals surface area contributed by atoms with Crippen molar-refractivity contribution in [1.82, 2.24) is 0 Å². The molecule has 1 unspecified atom stereocenters. The van der Waals surface area contributed by atoms with Crippen molar-refractivity contribution in [3.05, 3.63) is 0 Å². The molecule has 0 heterocycles. The summed E-state index contributed by atoms with van der Waals surface area (Å²) < 4.78 is 1.42. The van der Waals surface area contributed by atoms with Crippen LogP contribution < -0.4 is 4.70 Å². The number of hydrogen-bond acceptors (Lipinski definition) is 0. The van der Waals surface area contributed by atoms with Gasteiger partial charge in [-0.2, -0.15) is 9.90 Å². The van der Waals surface area contributed by atoms with Crippen LogP contribution in [0.25, 0.3) is 0 Å². The molecule has 0 aromatic heterocycles. The number of quaternary nitrogens is 1. The third-order valence-corrected chi connectivity index (χ3v) is 3.94. The van der Waals surface area contributed by atoms with Gasteiger partial charge in [-0.25, -0.2) is 0 Å². The molecule has 0 aliphatic carbocycles. The molecule has 0 aromatic carbocycles. The second-order valence-corrected chi connectivity index (χ2v) is 5.65. The lowest BCUT2D eigenvalue weighted by Crippen LogP contribution is -3.00. The minimum Gasteiger partial charge on any atom is -1.00 e. The molecule has 1 atom stereocenters. The summed E-state index contributed by atoms with van der Waals surface area (Å²) in [5, 5.41) is 0. The Morgan fingerprint density at radius 3 is 0.895 bits per heavy atom. The Morgan fingerprint density at radius 2 is 0.737 bits per heavy atom. The standard InChI is InChI=1S/C16H36N.FH.H3P/c1-5-9-13-17(14-10-6-2,15-11-7-3)16-12-8-4;;/h5-16H2,1-4H3;1H;1H3/q+1;;/p-1. The summed E-state index contributed by atoms with van der Waals surface area (Å²) in [6.45, 7) is 15.0. The molecule has 0 rings (SSSR count). The maximum Gasteiger partial charge on any atom is 0.0786 e. The highest BCUT2D eigenvalue weighted by Gasteiger charge is 2.24. The average Bonchev–Trinajstić information content (AvgIpc) is 2.37. The van der Waals surface area contributed by atoms with Gasteiger partial charge in [-0.1, -0.05) is 53.4 Å². The monoisotopic (exact) mass is 295 g/mol. The van der Waals surface area contributed by atoms with Gasteiger partial charge in [-0.3, -0.25) is 0 Å². The molecule has 0 saturated heterocycles. The van der Waals surface area contributed by atoms with Crippen LogP contribution in [0.5, 0.6) is 0 Å². The molecule has 0 aromatic rings. The molecule has 0 fully saturated rings. The van der Waals surface area contributed by atoms with Crippen molar-refractivity contribution in [3.8, 4) is 0 Å². The predicted molar refractivity (Wildman–Crippen MR) is 90.5 cm³/mol. The fourth-order valence-electron chi connectivity index (χ4n) is 2.64. The van der Waals surface area contributed by atoms with Gasteiger partial charge in [0.25, 0.3) is 0 Å². The summed E-state index contributed by atoms with van der Waals surface area (Å²) in [5.74, 6) is 0. The first-order valence-corrected chi connectivity index (χ1v) is 8.09. The van der Waals surface area contributed by atoms with Gasteiger partial charge in [0.15, 0.2) is 0 Å². The highest BCUT2D eigenvalue weighted by atomic mass is 31.0. The molecule has 0 amide bonds. The molecular weight excluding hydrogens is 256 g/mol. The van der Waals surface area contributed by atoms with Gasteiger partial charge in [0.05, 0.1) is 26.2 Å². The molecule has 120 valence electrons. The zero-order chi connectivity index (χ0) is 13.0. The van der Waals surface area contributed by atoms with Gasteiger partial charge in [0.1, 0.15) is 0 Å². The second-order valence-electron chi connectivity index (χ2n) is 5.65. The average molecular weight is 295 g/mol. The van der Waals surface area contributed by atoms with E-state index in [9.17, 15) is 0 Å². The molecule has 0 radical (unpaired) electrons. The maximum absolute atomic E-state index is 2.33. The fraction of sp³-hybridized carbons (Fsp3) is 1.00. The summed E-state index contributed by atoms with van der Waals surface area (Å²) >= 11 is 0. The first-order valence-electron chi connectivity index (χ1n) is 8.09. The van der Waals surface area contributed by atoms with E-state index < -0.39 is 0 Å². The van der Waals surface area contributed by atoms with Crippen LogP contribution in [-0.4, -0.2) is 30.7 Å². The van der Waals surface area contributed by atoms with Crippen LogP contribution in [0.3, 0.4) is 0 Å². The minimum atomic E-state index is 0. The van der Waals surface area contributed by atoms with Crippen molar-refractivity contribution >= 4 is 9.90 Å². The Bertz CT molecular complexity index is 127. The highest BCUT2D eigenvalue weighted by molar-refractivity contribution is 6.92. The maximum atomic E-state index is 2.33. The molecule has 19 heavy (non-hydrogen) atoms. The Hall–Kier alpha value is 0.320. The quantitative estimate of drug-likeness (QED) is 0.382. The molecule has 3 heteroatoms. The van der Waals surface area contributed by atoms with Crippen LogP contribution in [0.4, 0.5) is 0 Å². The number of nitrogens with zero attached hydrogens (tertiary/aromatic N) is 1. The second kappa shape index (κ2) is 16.4. The SMILES string of the molecule is CCCC[N+](CCCC)(CCCC)CCCC.P.[F-]. The van der Waals surface area contributed by atoms with E-state index in [4.69, 9.17) is 0 Å². The third kappa shape index (κ3) is 11.8. The van der Waals surface area contributed by atoms with Crippen molar-refractivity contribution < 1.29 is 9.19 Å². The highest BCUT2D eigenvalue weighted by Crippen LogP contribution is 2.16. The van der Waals surface area contributed by atoms with Crippen LogP contribution in [0, 0.1) is 0 Å². The number of hydrogen-bond donors (Lipinski definition) is 0. The Morgan fingerprint density at radius 1 is 0.526 bits per heavy atom. The lowest BCUT2D eigenvalue weighted by molar-refractivity contribution is -0.929. The van der Waals surface area contributed by atoms with Crippen LogP contribution in [0.15, 0.2) is 0 Å². The summed E-state index contributed by atoms with van der Waals surface area (Å²) in [5.41, 5.74) is 0. The van der Waals surface area contributed by atoms with Crippen LogP contribution >= 0.6 is 9.90 Å². The van der Waals surface area contributed by atoms with E-state index in [1.807, 2.05) is 0 Å². The number of unbranched alkanes of at least 4 members (excludes halogenated alkanes) is 4. The summed E-state index contributed by atoms with van der Waals surface area (Å²) in [7, 11) is 0. The zero-order valence-electron chi connectivity index (χ0n) is 14.0. The topological polar surface area (TPSA) is 0 Å². The first kappa shape index (κ1) is 24.3. The van der Waals surface area contributed by atoms with E-state index in [0.717, 1.165) is 0 Å². The van der Waals surface area contributed by atoms with E-state index in [0.29, 0.717) is 0 Å². The molecular formula is C16H39FNP. The molecule has 0 saturated carbocycles. The smallest absolute Gasteiger partial charge is 0.0786 e. The van der Waals surface area contributed by atoms with E-state index in [-0.39, 0.29) is 14.6 Å². The Labute approximate surface area is 125 Å². The summed E-state index contributed by atoms with van der Waals surface area (Å²) in [6, 6.07) is 0. The third-order valence-electron chi connectivity index (χ3n) is 3.94. The minimum absolute atomic E-state index is 0. The Kier molecular flexibility index (Phi) is 21.0. The van der Waals surface area contributed by atoms with Gasteiger partial charge in [-0.05, 0) is 25.7 Å². The van der Waals surface area contributed by atoms with Crippen molar-refractivity contribution in [1.29, 1.82) is 0 Å².